The molecule has 2 aromatic heterocycles. The van der Waals surface area contributed by atoms with E-state index >= 15 is 0 Å². The van der Waals surface area contributed by atoms with Crippen molar-refractivity contribution in [3.8, 4) is 0 Å². The monoisotopic (exact) mass is 659 g/mol. The van der Waals surface area contributed by atoms with Gasteiger partial charge in [-0.05, 0) is 82.5 Å². The molecular weight excluding hydrogens is 615 g/mol. The van der Waals surface area contributed by atoms with E-state index in [1.807, 2.05) is 37.4 Å². The lowest BCUT2D eigenvalue weighted by molar-refractivity contribution is -0.159. The Bertz CT molecular complexity index is 1560. The number of ether oxygens (including phenoxy) is 1. The van der Waals surface area contributed by atoms with Gasteiger partial charge in [-0.25, -0.2) is 13.2 Å². The molecule has 45 heavy (non-hydrogen) atoms. The summed E-state index contributed by atoms with van der Waals surface area (Å²) in [5.74, 6) is -2.64. The number of H-pyrrole nitrogens is 1. The molecule has 13 heteroatoms. The molecule has 0 saturated carbocycles. The van der Waals surface area contributed by atoms with Crippen molar-refractivity contribution in [3.63, 3.8) is 0 Å². The number of carbonyl (C=O) groups is 3. The first-order chi connectivity index (χ1) is 21.3. The summed E-state index contributed by atoms with van der Waals surface area (Å²) in [7, 11) is -3.73. The van der Waals surface area contributed by atoms with Gasteiger partial charge in [0, 0.05) is 36.1 Å². The third-order valence-corrected chi connectivity index (χ3v) is 11.2. The van der Waals surface area contributed by atoms with Crippen LogP contribution in [0.2, 0.25) is 0 Å². The standard InChI is InChI=1S/C32H45N5O6S2/c1-21(24-19-34-25-13-6-5-12-23(24)25)28(30(39)35-26(14-7-8-16-33)31(40)43-32(2,3)4)36-29(38)22-11-9-17-37(20-22)45(41,42)27-15-10-18-44-27/h5-6,10,12-13,15,18-19,21-22,26,28,34H,7-9,11,14,16-17,20,33H2,1-4H3,(H,35,39)(H,36,38)/t21-,22?,26-,28+/m0/s1. The SMILES string of the molecule is C[C@@H](c1c[nH]c2ccccc12)[C@@H](NC(=O)C1CCCN(S(=O)(=O)c2cccs2)C1)C(=O)N[C@@H](CCCCN)C(=O)OC(C)(C)C. The number of hydrogen-bond acceptors (Lipinski definition) is 8. The molecule has 0 bridgehead atoms. The first-order valence-corrected chi connectivity index (χ1v) is 17.8. The zero-order chi connectivity index (χ0) is 32.8. The van der Waals surface area contributed by atoms with Gasteiger partial charge in [0.15, 0.2) is 0 Å². The minimum atomic E-state index is -3.73. The second kappa shape index (κ2) is 14.9. The third kappa shape index (κ3) is 8.72. The van der Waals surface area contributed by atoms with E-state index in [9.17, 15) is 22.8 Å². The van der Waals surface area contributed by atoms with Gasteiger partial charge in [-0.3, -0.25) is 9.59 Å². The highest BCUT2D eigenvalue weighted by molar-refractivity contribution is 7.91. The summed E-state index contributed by atoms with van der Waals surface area (Å²) in [4.78, 5) is 44.2. The van der Waals surface area contributed by atoms with Gasteiger partial charge in [0.2, 0.25) is 11.8 Å². The molecule has 0 radical (unpaired) electrons. The quantitative estimate of drug-likeness (QED) is 0.160. The maximum Gasteiger partial charge on any atom is 0.329 e. The number of nitrogens with zero attached hydrogens (tertiary/aromatic N) is 1. The molecule has 5 N–H and O–H groups in total. The molecule has 4 rings (SSSR count). The molecule has 3 heterocycles. The second-order valence-corrected chi connectivity index (χ2v) is 15.7. The number of rotatable bonds is 13. The number of aromatic nitrogens is 1. The number of hydrogen-bond donors (Lipinski definition) is 4. The number of carbonyl (C=O) groups excluding carboxylic acids is 3. The first kappa shape index (κ1) is 34.6. The normalized spacial score (nSPS) is 18.2. The number of amides is 2. The van der Waals surface area contributed by atoms with E-state index in [2.05, 4.69) is 15.6 Å². The van der Waals surface area contributed by atoms with Gasteiger partial charge in [0.05, 0.1) is 5.92 Å². The second-order valence-electron chi connectivity index (χ2n) is 12.6. The minimum absolute atomic E-state index is 0.0154. The van der Waals surface area contributed by atoms with Crippen molar-refractivity contribution in [2.24, 2.45) is 11.7 Å². The van der Waals surface area contributed by atoms with Crippen molar-refractivity contribution < 1.29 is 27.5 Å². The number of nitrogens with one attached hydrogen (secondary N) is 3. The number of benzene rings is 1. The molecule has 246 valence electrons. The van der Waals surface area contributed by atoms with Crippen LogP contribution in [0.5, 0.6) is 0 Å². The minimum Gasteiger partial charge on any atom is -0.458 e. The van der Waals surface area contributed by atoms with E-state index in [-0.39, 0.29) is 10.8 Å². The van der Waals surface area contributed by atoms with Gasteiger partial charge in [-0.2, -0.15) is 4.31 Å². The summed E-state index contributed by atoms with van der Waals surface area (Å²) >= 11 is 1.14. The van der Waals surface area contributed by atoms with E-state index in [1.54, 1.807) is 38.3 Å². The van der Waals surface area contributed by atoms with Crippen LogP contribution in [0.3, 0.4) is 0 Å². The fourth-order valence-electron chi connectivity index (χ4n) is 5.63. The summed E-state index contributed by atoms with van der Waals surface area (Å²) in [5.41, 5.74) is 6.64. The van der Waals surface area contributed by atoms with Crippen LogP contribution in [0.1, 0.15) is 71.3 Å². The summed E-state index contributed by atoms with van der Waals surface area (Å²) in [6.45, 7) is 7.92. The Balaban J connectivity index is 1.59. The Morgan fingerprint density at radius 3 is 2.58 bits per heavy atom. The fraction of sp³-hybridized carbons (Fsp3) is 0.531. The molecular formula is C32H45N5O6S2. The van der Waals surface area contributed by atoms with E-state index in [1.165, 1.54) is 4.31 Å². The van der Waals surface area contributed by atoms with Crippen LogP contribution in [-0.4, -0.2) is 72.8 Å². The van der Waals surface area contributed by atoms with E-state index in [4.69, 9.17) is 10.5 Å². The number of sulfonamides is 1. The molecule has 1 saturated heterocycles. The summed E-state index contributed by atoms with van der Waals surface area (Å²) < 4.78 is 33.6. The number of para-hydroxylation sites is 1. The highest BCUT2D eigenvalue weighted by Gasteiger charge is 2.38. The lowest BCUT2D eigenvalue weighted by Crippen LogP contribution is -2.56. The molecule has 2 amide bonds. The van der Waals surface area contributed by atoms with Crippen molar-refractivity contribution in [3.05, 3.63) is 53.5 Å². The Morgan fingerprint density at radius 2 is 1.89 bits per heavy atom. The van der Waals surface area contributed by atoms with Gasteiger partial charge in [0.1, 0.15) is 21.9 Å². The van der Waals surface area contributed by atoms with Crippen LogP contribution >= 0.6 is 11.3 Å². The Hall–Kier alpha value is -3.26. The molecule has 1 fully saturated rings. The van der Waals surface area contributed by atoms with Crippen molar-refractivity contribution >= 4 is 50.0 Å². The average molecular weight is 660 g/mol. The zero-order valence-corrected chi connectivity index (χ0v) is 28.0. The van der Waals surface area contributed by atoms with Crippen molar-refractivity contribution in [2.75, 3.05) is 19.6 Å². The van der Waals surface area contributed by atoms with Crippen LogP contribution in [-0.2, 0) is 29.1 Å². The average Bonchev–Trinajstić information content (AvgIpc) is 3.69. The van der Waals surface area contributed by atoms with Crippen LogP contribution in [0.25, 0.3) is 10.9 Å². The van der Waals surface area contributed by atoms with Crippen LogP contribution in [0, 0.1) is 5.92 Å². The third-order valence-electron chi connectivity index (χ3n) is 7.99. The lowest BCUT2D eigenvalue weighted by Gasteiger charge is -2.33. The number of esters is 1. The lowest BCUT2D eigenvalue weighted by atomic mass is 9.90. The van der Waals surface area contributed by atoms with Crippen LogP contribution < -0.4 is 16.4 Å². The number of unbranched alkanes of at least 4 members (excludes halogenated alkanes) is 1. The molecule has 3 aromatic rings. The van der Waals surface area contributed by atoms with Crippen molar-refractivity contribution in [1.29, 1.82) is 0 Å². The Morgan fingerprint density at radius 1 is 1.13 bits per heavy atom. The number of nitrogens with two attached hydrogens (primary N) is 1. The Labute approximate surface area is 269 Å². The molecule has 0 aliphatic carbocycles. The van der Waals surface area contributed by atoms with Gasteiger partial charge in [-0.15, -0.1) is 11.3 Å². The molecule has 1 aromatic carbocycles. The summed E-state index contributed by atoms with van der Waals surface area (Å²) in [5, 5.41) is 8.43. The molecule has 11 nitrogen and oxygen atoms in total. The predicted octanol–water partition coefficient (Wildman–Crippen LogP) is 3.87. The van der Waals surface area contributed by atoms with E-state index in [0.29, 0.717) is 45.2 Å². The molecule has 4 atom stereocenters. The summed E-state index contributed by atoms with van der Waals surface area (Å²) in [6.07, 6.45) is 4.43. The number of thiophene rings is 1. The Kier molecular flexibility index (Phi) is 11.5. The highest BCUT2D eigenvalue weighted by Crippen LogP contribution is 2.30. The molecule has 1 aliphatic heterocycles. The van der Waals surface area contributed by atoms with Crippen LogP contribution in [0.15, 0.2) is 52.2 Å². The predicted molar refractivity (Wildman–Crippen MR) is 175 cm³/mol. The van der Waals surface area contributed by atoms with Crippen molar-refractivity contribution in [2.45, 2.75) is 87.6 Å². The topological polar surface area (TPSA) is 164 Å². The van der Waals surface area contributed by atoms with Gasteiger partial charge >= 0.3 is 5.97 Å². The van der Waals surface area contributed by atoms with Crippen LogP contribution in [0.4, 0.5) is 0 Å². The first-order valence-electron chi connectivity index (χ1n) is 15.4. The fourth-order valence-corrected chi connectivity index (χ4v) is 8.30. The number of piperidine rings is 1. The van der Waals surface area contributed by atoms with E-state index in [0.717, 1.165) is 27.8 Å². The highest BCUT2D eigenvalue weighted by atomic mass is 32.2. The largest absolute Gasteiger partial charge is 0.458 e. The molecule has 1 aliphatic rings. The van der Waals surface area contributed by atoms with Crippen molar-refractivity contribution in [1.82, 2.24) is 19.9 Å². The number of aromatic amines is 1. The maximum absolute atomic E-state index is 14.1. The van der Waals surface area contributed by atoms with E-state index < -0.39 is 57.3 Å². The van der Waals surface area contributed by atoms with Gasteiger partial charge < -0.3 is 26.1 Å². The van der Waals surface area contributed by atoms with Gasteiger partial charge in [0.25, 0.3) is 10.0 Å². The molecule has 0 spiro atoms. The number of fused-ring (bicyclic) bond motifs is 1. The smallest absolute Gasteiger partial charge is 0.329 e. The zero-order valence-electron chi connectivity index (χ0n) is 26.4. The molecule has 1 unspecified atom stereocenters. The maximum atomic E-state index is 14.1. The summed E-state index contributed by atoms with van der Waals surface area (Å²) in [6, 6.07) is 8.94. The van der Waals surface area contributed by atoms with Gasteiger partial charge in [-0.1, -0.05) is 31.2 Å².